The van der Waals surface area contributed by atoms with Gasteiger partial charge >= 0.3 is 0 Å². The van der Waals surface area contributed by atoms with Gasteiger partial charge in [-0.15, -0.1) is 0 Å². The molecular weight excluding hydrogens is 238 g/mol. The van der Waals surface area contributed by atoms with Crippen LogP contribution in [0.25, 0.3) is 0 Å². The molecule has 6 heteroatoms. The first kappa shape index (κ1) is 13.3. The molecule has 0 aliphatic carbocycles. The summed E-state index contributed by atoms with van der Waals surface area (Å²) in [5.74, 6) is 0.656. The first-order valence-corrected chi connectivity index (χ1v) is 7.88. The van der Waals surface area contributed by atoms with Crippen LogP contribution in [0.15, 0.2) is 0 Å². The van der Waals surface area contributed by atoms with E-state index in [-0.39, 0.29) is 6.04 Å². The lowest BCUT2D eigenvalue weighted by Gasteiger charge is -2.37. The normalized spacial score (nSPS) is 30.6. The maximum absolute atomic E-state index is 12.4. The fraction of sp³-hybridized carbons (Fsp3) is 1.00. The lowest BCUT2D eigenvalue weighted by atomic mass is 10.0. The Morgan fingerprint density at radius 3 is 2.29 bits per heavy atom. The average Bonchev–Trinajstić information content (AvgIpc) is 2.29. The number of piperidine rings is 1. The lowest BCUT2D eigenvalue weighted by molar-refractivity contribution is 0.244. The van der Waals surface area contributed by atoms with Crippen LogP contribution in [0, 0.1) is 5.92 Å². The molecule has 0 radical (unpaired) electrons. The number of nitrogens with one attached hydrogen (secondary N) is 1. The number of nitrogens with zero attached hydrogens (tertiary/aromatic N) is 2. The standard InChI is InChI=1S/C11H23N3O2S/c1-10-3-6-13(7-4-10)17(15,16)14-8-5-12-11(2)9-14/h10-12H,3-9H2,1-2H3/t11-/m0/s1. The molecule has 2 aliphatic rings. The number of piperazine rings is 1. The van der Waals surface area contributed by atoms with Gasteiger partial charge in [-0.2, -0.15) is 17.0 Å². The molecule has 0 aromatic rings. The van der Waals surface area contributed by atoms with Crippen molar-refractivity contribution in [2.45, 2.75) is 32.7 Å². The molecule has 0 bridgehead atoms. The van der Waals surface area contributed by atoms with Crippen LogP contribution >= 0.6 is 0 Å². The van der Waals surface area contributed by atoms with Gasteiger partial charge in [0.1, 0.15) is 0 Å². The summed E-state index contributed by atoms with van der Waals surface area (Å²) in [4.78, 5) is 0. The van der Waals surface area contributed by atoms with Crippen molar-refractivity contribution in [3.8, 4) is 0 Å². The molecule has 0 aromatic heterocycles. The summed E-state index contributed by atoms with van der Waals surface area (Å²) < 4.78 is 28.1. The zero-order valence-electron chi connectivity index (χ0n) is 10.7. The lowest BCUT2D eigenvalue weighted by Crippen LogP contribution is -2.56. The van der Waals surface area contributed by atoms with Crippen molar-refractivity contribution in [1.29, 1.82) is 0 Å². The van der Waals surface area contributed by atoms with Gasteiger partial charge in [-0.3, -0.25) is 0 Å². The largest absolute Gasteiger partial charge is 0.312 e. The van der Waals surface area contributed by atoms with Crippen LogP contribution in [0.1, 0.15) is 26.7 Å². The minimum Gasteiger partial charge on any atom is -0.312 e. The van der Waals surface area contributed by atoms with Crippen molar-refractivity contribution in [2.75, 3.05) is 32.7 Å². The highest BCUT2D eigenvalue weighted by atomic mass is 32.2. The molecule has 2 heterocycles. The van der Waals surface area contributed by atoms with Crippen molar-refractivity contribution < 1.29 is 8.42 Å². The van der Waals surface area contributed by atoms with Gasteiger partial charge in [0, 0.05) is 38.8 Å². The van der Waals surface area contributed by atoms with Crippen LogP contribution in [0.5, 0.6) is 0 Å². The highest BCUT2D eigenvalue weighted by Gasteiger charge is 2.33. The van der Waals surface area contributed by atoms with E-state index >= 15 is 0 Å². The van der Waals surface area contributed by atoms with E-state index in [0.717, 1.165) is 19.4 Å². The molecule has 5 nitrogen and oxygen atoms in total. The van der Waals surface area contributed by atoms with Gasteiger partial charge in [0.05, 0.1) is 0 Å². The SMILES string of the molecule is CC1CCN(S(=O)(=O)N2CCN[C@@H](C)C2)CC1. The Bertz CT molecular complexity index is 350. The number of hydrogen-bond acceptors (Lipinski definition) is 3. The topological polar surface area (TPSA) is 52.7 Å². The summed E-state index contributed by atoms with van der Waals surface area (Å²) in [6, 6.07) is 0.252. The van der Waals surface area contributed by atoms with E-state index in [1.165, 1.54) is 0 Å². The third kappa shape index (κ3) is 2.99. The monoisotopic (exact) mass is 261 g/mol. The van der Waals surface area contributed by atoms with E-state index in [0.29, 0.717) is 32.1 Å². The minimum atomic E-state index is -3.21. The maximum atomic E-state index is 12.4. The van der Waals surface area contributed by atoms with Crippen LogP contribution in [-0.4, -0.2) is 55.8 Å². The third-order valence-corrected chi connectivity index (χ3v) is 5.73. The maximum Gasteiger partial charge on any atom is 0.282 e. The molecule has 0 spiro atoms. The Morgan fingerprint density at radius 2 is 1.71 bits per heavy atom. The van der Waals surface area contributed by atoms with Crippen LogP contribution in [-0.2, 0) is 10.2 Å². The van der Waals surface area contributed by atoms with Crippen LogP contribution < -0.4 is 5.32 Å². The quantitative estimate of drug-likeness (QED) is 0.775. The summed E-state index contributed by atoms with van der Waals surface area (Å²) in [5.41, 5.74) is 0. The fourth-order valence-corrected chi connectivity index (χ4v) is 4.22. The number of hydrogen-bond donors (Lipinski definition) is 1. The number of rotatable bonds is 2. The molecule has 100 valence electrons. The van der Waals surface area contributed by atoms with Gasteiger partial charge < -0.3 is 5.32 Å². The Hall–Kier alpha value is -0.170. The predicted octanol–water partition coefficient (Wildman–Crippen LogP) is 0.257. The van der Waals surface area contributed by atoms with E-state index in [1.807, 2.05) is 6.92 Å². The van der Waals surface area contributed by atoms with Gasteiger partial charge in [0.15, 0.2) is 0 Å². The van der Waals surface area contributed by atoms with E-state index < -0.39 is 10.2 Å². The molecular formula is C11H23N3O2S. The fourth-order valence-electron chi connectivity index (χ4n) is 2.49. The van der Waals surface area contributed by atoms with Crippen molar-refractivity contribution in [3.63, 3.8) is 0 Å². The van der Waals surface area contributed by atoms with Gasteiger partial charge in [-0.25, -0.2) is 0 Å². The van der Waals surface area contributed by atoms with E-state index in [2.05, 4.69) is 12.2 Å². The summed E-state index contributed by atoms with van der Waals surface area (Å²) >= 11 is 0. The van der Waals surface area contributed by atoms with Gasteiger partial charge in [0.25, 0.3) is 10.2 Å². The highest BCUT2D eigenvalue weighted by Crippen LogP contribution is 2.21. The minimum absolute atomic E-state index is 0.252. The first-order chi connectivity index (χ1) is 8.00. The van der Waals surface area contributed by atoms with E-state index in [9.17, 15) is 8.42 Å². The molecule has 2 aliphatic heterocycles. The summed E-state index contributed by atoms with van der Waals surface area (Å²) in [6.45, 7) is 7.53. The molecule has 1 atom stereocenters. The van der Waals surface area contributed by atoms with Crippen molar-refractivity contribution >= 4 is 10.2 Å². The molecule has 0 saturated carbocycles. The molecule has 0 amide bonds. The van der Waals surface area contributed by atoms with Crippen LogP contribution in [0.2, 0.25) is 0 Å². The Kier molecular flexibility index (Phi) is 4.07. The highest BCUT2D eigenvalue weighted by molar-refractivity contribution is 7.86. The third-order valence-electron chi connectivity index (χ3n) is 3.73. The second-order valence-corrected chi connectivity index (χ2v) is 7.23. The summed E-state index contributed by atoms with van der Waals surface area (Å²) in [7, 11) is -3.21. The molecule has 0 unspecified atom stereocenters. The zero-order valence-corrected chi connectivity index (χ0v) is 11.5. The molecule has 1 N–H and O–H groups in total. The van der Waals surface area contributed by atoms with Gasteiger partial charge in [-0.1, -0.05) is 6.92 Å². The molecule has 2 rings (SSSR count). The average molecular weight is 261 g/mol. The second-order valence-electron chi connectivity index (χ2n) is 5.30. The molecule has 2 saturated heterocycles. The molecule has 2 fully saturated rings. The molecule has 17 heavy (non-hydrogen) atoms. The van der Waals surface area contributed by atoms with Crippen molar-refractivity contribution in [2.24, 2.45) is 5.92 Å². The Morgan fingerprint density at radius 1 is 1.06 bits per heavy atom. The Labute approximate surface area is 104 Å². The predicted molar refractivity (Wildman–Crippen MR) is 67.9 cm³/mol. The second kappa shape index (κ2) is 5.22. The first-order valence-electron chi connectivity index (χ1n) is 6.49. The smallest absolute Gasteiger partial charge is 0.282 e. The van der Waals surface area contributed by atoms with E-state index in [1.54, 1.807) is 8.61 Å². The van der Waals surface area contributed by atoms with E-state index in [4.69, 9.17) is 0 Å². The van der Waals surface area contributed by atoms with Crippen LogP contribution in [0.3, 0.4) is 0 Å². The Balaban J connectivity index is 2.02. The van der Waals surface area contributed by atoms with Crippen molar-refractivity contribution in [1.82, 2.24) is 13.9 Å². The van der Waals surface area contributed by atoms with Crippen molar-refractivity contribution in [3.05, 3.63) is 0 Å². The molecule has 0 aromatic carbocycles. The van der Waals surface area contributed by atoms with Gasteiger partial charge in [0.2, 0.25) is 0 Å². The zero-order chi connectivity index (χ0) is 12.5. The van der Waals surface area contributed by atoms with Crippen LogP contribution in [0.4, 0.5) is 0 Å². The summed E-state index contributed by atoms with van der Waals surface area (Å²) in [5, 5.41) is 3.27. The summed E-state index contributed by atoms with van der Waals surface area (Å²) in [6.07, 6.45) is 1.97. The van der Waals surface area contributed by atoms with Gasteiger partial charge in [-0.05, 0) is 25.7 Å².